The number of rotatable bonds is 7. The minimum Gasteiger partial charge on any atom is -0.494 e. The van der Waals surface area contributed by atoms with Gasteiger partial charge in [-0.1, -0.05) is 26.0 Å². The Morgan fingerprint density at radius 2 is 1.95 bits per heavy atom. The van der Waals surface area contributed by atoms with Gasteiger partial charge in [0.15, 0.2) is 0 Å². The first-order chi connectivity index (χ1) is 10.1. The number of nitrogens with one attached hydrogen (secondary N) is 1. The monoisotopic (exact) mass is 287 g/mol. The molecule has 1 aromatic heterocycles. The van der Waals surface area contributed by atoms with E-state index in [4.69, 9.17) is 4.74 Å². The van der Waals surface area contributed by atoms with Crippen LogP contribution >= 0.6 is 0 Å². The topological polar surface area (TPSA) is 39.1 Å². The van der Waals surface area contributed by atoms with Crippen LogP contribution in [0.25, 0.3) is 0 Å². The highest BCUT2D eigenvalue weighted by Crippen LogP contribution is 2.23. The molecule has 2 rings (SSSR count). The molecule has 1 atom stereocenters. The molecule has 0 saturated carbocycles. The summed E-state index contributed by atoms with van der Waals surface area (Å²) in [5.41, 5.74) is 3.45. The van der Waals surface area contributed by atoms with Gasteiger partial charge in [-0.3, -0.25) is 4.68 Å². The standard InChI is InChI=1S/C17H25N3O/c1-5-11-21-15-9-7-14(8-10-15)13(3)18-17-12-20(4)19-16(17)6-2/h7-10,12-13,18H,5-6,11H2,1-4H3. The second-order valence-electron chi connectivity index (χ2n) is 5.30. The van der Waals surface area contributed by atoms with Gasteiger partial charge in [-0.15, -0.1) is 0 Å². The quantitative estimate of drug-likeness (QED) is 0.838. The lowest BCUT2D eigenvalue weighted by atomic mass is 10.1. The number of anilines is 1. The van der Waals surface area contributed by atoms with Crippen LogP contribution < -0.4 is 10.1 Å². The fraction of sp³-hybridized carbons (Fsp3) is 0.471. The van der Waals surface area contributed by atoms with Gasteiger partial charge < -0.3 is 10.1 Å². The predicted molar refractivity (Wildman–Crippen MR) is 86.9 cm³/mol. The summed E-state index contributed by atoms with van der Waals surface area (Å²) in [4.78, 5) is 0. The third-order valence-corrected chi connectivity index (χ3v) is 3.47. The molecular weight excluding hydrogens is 262 g/mol. The van der Waals surface area contributed by atoms with Crippen molar-refractivity contribution in [3.63, 3.8) is 0 Å². The molecule has 1 heterocycles. The van der Waals surface area contributed by atoms with Gasteiger partial charge in [-0.05, 0) is 37.5 Å². The van der Waals surface area contributed by atoms with Gasteiger partial charge in [-0.2, -0.15) is 5.10 Å². The molecule has 0 aliphatic rings. The molecule has 0 bridgehead atoms. The zero-order chi connectivity index (χ0) is 15.2. The lowest BCUT2D eigenvalue weighted by molar-refractivity contribution is 0.317. The van der Waals surface area contributed by atoms with Crippen LogP contribution in [0.15, 0.2) is 30.5 Å². The largest absolute Gasteiger partial charge is 0.494 e. The minimum atomic E-state index is 0.236. The molecular formula is C17H25N3O. The maximum atomic E-state index is 5.61. The van der Waals surface area contributed by atoms with Crippen molar-refractivity contribution in [2.75, 3.05) is 11.9 Å². The number of nitrogens with zero attached hydrogens (tertiary/aromatic N) is 2. The fourth-order valence-corrected chi connectivity index (χ4v) is 2.31. The number of aromatic nitrogens is 2. The van der Waals surface area contributed by atoms with Gasteiger partial charge in [0.25, 0.3) is 0 Å². The molecule has 2 aromatic rings. The molecule has 0 spiro atoms. The molecule has 1 N–H and O–H groups in total. The van der Waals surface area contributed by atoms with E-state index in [0.29, 0.717) is 0 Å². The Labute approximate surface area is 127 Å². The van der Waals surface area contributed by atoms with Gasteiger partial charge >= 0.3 is 0 Å². The highest BCUT2D eigenvalue weighted by Gasteiger charge is 2.10. The Balaban J connectivity index is 2.04. The first kappa shape index (κ1) is 15.4. The Kier molecular flexibility index (Phi) is 5.26. The summed E-state index contributed by atoms with van der Waals surface area (Å²) in [6.07, 6.45) is 3.99. The lowest BCUT2D eigenvalue weighted by Crippen LogP contribution is -2.07. The van der Waals surface area contributed by atoms with Crippen LogP contribution in [0.1, 0.15) is 44.5 Å². The van der Waals surface area contributed by atoms with E-state index in [0.717, 1.165) is 36.6 Å². The van der Waals surface area contributed by atoms with Crippen molar-refractivity contribution in [1.82, 2.24) is 9.78 Å². The molecule has 114 valence electrons. The van der Waals surface area contributed by atoms with Gasteiger partial charge in [-0.25, -0.2) is 0 Å². The molecule has 0 aliphatic carbocycles. The van der Waals surface area contributed by atoms with Gasteiger partial charge in [0.1, 0.15) is 5.75 Å². The smallest absolute Gasteiger partial charge is 0.119 e. The molecule has 1 aromatic carbocycles. The van der Waals surface area contributed by atoms with Crippen molar-refractivity contribution >= 4 is 5.69 Å². The summed E-state index contributed by atoms with van der Waals surface area (Å²) < 4.78 is 7.47. The van der Waals surface area contributed by atoms with E-state index >= 15 is 0 Å². The number of benzene rings is 1. The second-order valence-corrected chi connectivity index (χ2v) is 5.30. The Morgan fingerprint density at radius 1 is 1.24 bits per heavy atom. The van der Waals surface area contributed by atoms with Crippen LogP contribution in [-0.4, -0.2) is 16.4 Å². The number of aryl methyl sites for hydroxylation is 2. The zero-order valence-corrected chi connectivity index (χ0v) is 13.4. The van der Waals surface area contributed by atoms with E-state index in [9.17, 15) is 0 Å². The zero-order valence-electron chi connectivity index (χ0n) is 13.4. The van der Waals surface area contributed by atoms with Gasteiger partial charge in [0.05, 0.1) is 18.0 Å². The Morgan fingerprint density at radius 3 is 2.57 bits per heavy atom. The first-order valence-corrected chi connectivity index (χ1v) is 7.65. The highest BCUT2D eigenvalue weighted by atomic mass is 16.5. The third kappa shape index (κ3) is 4.00. The molecule has 4 heteroatoms. The predicted octanol–water partition coefficient (Wildman–Crippen LogP) is 3.94. The Hall–Kier alpha value is -1.97. The van der Waals surface area contributed by atoms with Crippen molar-refractivity contribution < 1.29 is 4.74 Å². The highest BCUT2D eigenvalue weighted by molar-refractivity contribution is 5.48. The Bertz CT molecular complexity index is 560. The summed E-state index contributed by atoms with van der Waals surface area (Å²) in [6.45, 7) is 7.16. The van der Waals surface area contributed by atoms with Gasteiger partial charge in [0.2, 0.25) is 0 Å². The normalized spacial score (nSPS) is 12.2. The summed E-state index contributed by atoms with van der Waals surface area (Å²) >= 11 is 0. The first-order valence-electron chi connectivity index (χ1n) is 7.65. The van der Waals surface area contributed by atoms with E-state index in [1.165, 1.54) is 5.56 Å². The van der Waals surface area contributed by atoms with Crippen LogP contribution in [0.5, 0.6) is 5.75 Å². The molecule has 4 nitrogen and oxygen atoms in total. The van der Waals surface area contributed by atoms with E-state index in [1.54, 1.807) is 0 Å². The fourth-order valence-electron chi connectivity index (χ4n) is 2.31. The molecule has 1 unspecified atom stereocenters. The SMILES string of the molecule is CCCOc1ccc(C(C)Nc2cn(C)nc2CC)cc1. The van der Waals surface area contributed by atoms with Crippen LogP contribution in [0.4, 0.5) is 5.69 Å². The van der Waals surface area contributed by atoms with Crippen LogP contribution in [0.2, 0.25) is 0 Å². The van der Waals surface area contributed by atoms with Crippen molar-refractivity contribution in [3.8, 4) is 5.75 Å². The van der Waals surface area contributed by atoms with Gasteiger partial charge in [0, 0.05) is 19.3 Å². The summed E-state index contributed by atoms with van der Waals surface area (Å²) in [5, 5.41) is 7.99. The average Bonchev–Trinajstić information content (AvgIpc) is 2.85. The molecule has 0 amide bonds. The van der Waals surface area contributed by atoms with E-state index in [1.807, 2.05) is 30.1 Å². The van der Waals surface area contributed by atoms with Crippen molar-refractivity contribution in [1.29, 1.82) is 0 Å². The minimum absolute atomic E-state index is 0.236. The van der Waals surface area contributed by atoms with Crippen molar-refractivity contribution in [3.05, 3.63) is 41.7 Å². The molecule has 0 radical (unpaired) electrons. The number of hydrogen-bond acceptors (Lipinski definition) is 3. The van der Waals surface area contributed by atoms with E-state index < -0.39 is 0 Å². The van der Waals surface area contributed by atoms with Crippen molar-refractivity contribution in [2.45, 2.75) is 39.7 Å². The summed E-state index contributed by atoms with van der Waals surface area (Å²) in [5.74, 6) is 0.934. The number of hydrogen-bond donors (Lipinski definition) is 1. The number of ether oxygens (including phenoxy) is 1. The van der Waals surface area contributed by atoms with Crippen LogP contribution in [-0.2, 0) is 13.5 Å². The molecule has 0 aliphatic heterocycles. The third-order valence-electron chi connectivity index (χ3n) is 3.47. The van der Waals surface area contributed by atoms with Crippen LogP contribution in [0.3, 0.4) is 0 Å². The molecule has 21 heavy (non-hydrogen) atoms. The summed E-state index contributed by atoms with van der Waals surface area (Å²) in [7, 11) is 1.95. The maximum Gasteiger partial charge on any atom is 0.119 e. The average molecular weight is 287 g/mol. The maximum absolute atomic E-state index is 5.61. The van der Waals surface area contributed by atoms with E-state index in [-0.39, 0.29) is 6.04 Å². The summed E-state index contributed by atoms with van der Waals surface area (Å²) in [6, 6.07) is 8.54. The molecule has 0 saturated heterocycles. The lowest BCUT2D eigenvalue weighted by Gasteiger charge is -2.16. The second kappa shape index (κ2) is 7.16. The molecule has 0 fully saturated rings. The van der Waals surface area contributed by atoms with Crippen LogP contribution in [0, 0.1) is 0 Å². The van der Waals surface area contributed by atoms with Crippen molar-refractivity contribution in [2.24, 2.45) is 7.05 Å². The van der Waals surface area contributed by atoms with E-state index in [2.05, 4.69) is 43.3 Å².